The second kappa shape index (κ2) is 59.7. The highest BCUT2D eigenvalue weighted by atomic mass is 31.1. The number of aliphatic hydroxyl groups is 5. The summed E-state index contributed by atoms with van der Waals surface area (Å²) in [6, 6.07) is -2.28. The van der Waals surface area contributed by atoms with Gasteiger partial charge in [-0.2, -0.15) is 0 Å². The number of carbonyl (C=O) groups excluding carboxylic acids is 10. The molecule has 2 aliphatic carbocycles. The fourth-order valence-electron chi connectivity index (χ4n) is 20.6. The van der Waals surface area contributed by atoms with Gasteiger partial charge in [-0.05, 0) is 214 Å². The monoisotopic (exact) mass is 1980 g/mol. The van der Waals surface area contributed by atoms with Crippen LogP contribution in [0.5, 0.6) is 0 Å². The molecule has 0 radical (unpaired) electrons. The molecule has 0 aromatic carbocycles. The maximum atomic E-state index is 14.4. The van der Waals surface area contributed by atoms with Gasteiger partial charge in [-0.1, -0.05) is 165 Å². The molecule has 31 atom stereocenters. The van der Waals surface area contributed by atoms with E-state index in [0.29, 0.717) is 120 Å². The van der Waals surface area contributed by atoms with E-state index in [1.54, 1.807) is 102 Å². The van der Waals surface area contributed by atoms with E-state index in [9.17, 15) is 82.6 Å². The Labute approximate surface area is 825 Å². The van der Waals surface area contributed by atoms with E-state index in [0.717, 1.165) is 30.4 Å². The lowest BCUT2D eigenvalue weighted by Gasteiger charge is -2.42. The number of hydrogen-bond donors (Lipinski definition) is 5. The SMILES string of the molecule is CC.CO[C@H]1CC2CC[C@@H](C)[C@@](O)(O2)C(=O)C(=O)N2CCCCC2C(=O)O[C@H]([C@H](C)C[C@@H]2CCC(O)[C@H](OC)C2)CC(=O)[C@H](C)/C=C(\C)[C@@H](O)[C@@H](OC)C(=O)[C@H](C)C[C@H](C)/C=C/C=CC=C1C.CO[C@H]1CC2CC[C@@H](C)[C@@](O)(O2)C(=O)C(=O)N2CCCCC2C(=O)O[C@H]([C@H](C)C[C@@H]2CCC([P+](C)=O)[C@H](OC)C2)CC(=O)[C@H](C)/C=C(\C)[C@@H](O)[C@@H](OC)C(=O)[C@H](C)C[C@H](C)/C=C/C=CC=C1C.C[P+](C)=O. The van der Waals surface area contributed by atoms with Crippen molar-refractivity contribution in [2.24, 2.45) is 71.0 Å². The Morgan fingerprint density at radius 1 is 0.449 bits per heavy atom. The third-order valence-electron chi connectivity index (χ3n) is 29.4. The summed E-state index contributed by atoms with van der Waals surface area (Å²) in [5.41, 5.74) is 2.48. The van der Waals surface area contributed by atoms with Gasteiger partial charge in [0, 0.05) is 117 Å². The van der Waals surface area contributed by atoms with Gasteiger partial charge >= 0.3 is 27.5 Å². The lowest BCUT2D eigenvalue weighted by atomic mass is 9.78. The van der Waals surface area contributed by atoms with Gasteiger partial charge in [-0.15, -0.1) is 0 Å². The Balaban J connectivity index is 0.000000461. The predicted molar refractivity (Wildman–Crippen MR) is 532 cm³/mol. The van der Waals surface area contributed by atoms with Crippen LogP contribution in [0.4, 0.5) is 0 Å². The Morgan fingerprint density at radius 3 is 1.17 bits per heavy atom. The average Bonchev–Trinajstić information content (AvgIpc) is 0.774. The number of esters is 2. The van der Waals surface area contributed by atoms with Crippen LogP contribution >= 0.6 is 15.6 Å². The van der Waals surface area contributed by atoms with Crippen LogP contribution in [0.2, 0.25) is 0 Å². The van der Waals surface area contributed by atoms with Crippen LogP contribution in [-0.4, -0.2) is 278 Å². The zero-order valence-electron chi connectivity index (χ0n) is 87.5. The highest BCUT2D eigenvalue weighted by Crippen LogP contribution is 2.45. The molecule has 6 fully saturated rings. The second-order valence-corrected chi connectivity index (χ2v) is 43.9. The number of nitrogens with zero attached hydrogens (tertiary/aromatic N) is 2. The van der Waals surface area contributed by atoms with Crippen molar-refractivity contribution in [3.8, 4) is 0 Å². The van der Waals surface area contributed by atoms with Crippen LogP contribution in [0, 0.1) is 71.0 Å². The van der Waals surface area contributed by atoms with Crippen molar-refractivity contribution >= 4 is 74.1 Å². The van der Waals surface area contributed by atoms with Crippen LogP contribution in [0.1, 0.15) is 265 Å². The maximum Gasteiger partial charge on any atom is 0.341 e. The summed E-state index contributed by atoms with van der Waals surface area (Å²) in [5.74, 6) is -15.9. The minimum absolute atomic E-state index is 0.0171. The molecule has 7 unspecified atom stereocenters. The summed E-state index contributed by atoms with van der Waals surface area (Å²) in [7, 11) is 6.78. The lowest BCUT2D eigenvalue weighted by molar-refractivity contribution is -0.265. The van der Waals surface area contributed by atoms with E-state index in [1.807, 2.05) is 130 Å². The van der Waals surface area contributed by atoms with Crippen molar-refractivity contribution in [3.63, 3.8) is 0 Å². The summed E-state index contributed by atoms with van der Waals surface area (Å²) in [6.45, 7) is 34.6. The summed E-state index contributed by atoms with van der Waals surface area (Å²) in [5, 5.41) is 57.3. The third kappa shape index (κ3) is 35.5. The van der Waals surface area contributed by atoms with Gasteiger partial charge in [0.05, 0.1) is 36.6 Å². The first-order valence-electron chi connectivity index (χ1n) is 50.6. The molecule has 0 spiro atoms. The van der Waals surface area contributed by atoms with Crippen molar-refractivity contribution in [3.05, 3.63) is 95.2 Å². The molecule has 8 rings (SSSR count). The van der Waals surface area contributed by atoms with Gasteiger partial charge in [-0.25, -0.2) is 9.59 Å². The van der Waals surface area contributed by atoms with E-state index in [1.165, 1.54) is 24.0 Å². The zero-order valence-corrected chi connectivity index (χ0v) is 89.3. The number of amides is 2. The van der Waals surface area contributed by atoms with Crippen LogP contribution < -0.4 is 0 Å². The fourth-order valence-corrected chi connectivity index (χ4v) is 21.9. The summed E-state index contributed by atoms with van der Waals surface area (Å²) >= 11 is 0. The predicted octanol–water partition coefficient (Wildman–Crippen LogP) is 15.9. The molecule has 0 aromatic rings. The Bertz CT molecular complexity index is 4240. The number of ether oxygens (including phenoxy) is 10. The van der Waals surface area contributed by atoms with E-state index < -0.39 is 177 Å². The molecule has 29 nitrogen and oxygen atoms in total. The molecular formula is C107H172N2O27P2+2. The molecule has 8 aliphatic rings. The van der Waals surface area contributed by atoms with Gasteiger partial charge < -0.3 is 82.7 Å². The first-order chi connectivity index (χ1) is 65.1. The minimum Gasteiger partial charge on any atom is -0.460 e. The molecule has 31 heteroatoms. The van der Waals surface area contributed by atoms with E-state index in [2.05, 4.69) is 0 Å². The first-order valence-corrected chi connectivity index (χ1v) is 54.5. The average molecular weight is 1980 g/mol. The number of rotatable bonds is 13. The van der Waals surface area contributed by atoms with Gasteiger partial charge in [0.15, 0.2) is 17.2 Å². The number of carbonyl (C=O) groups is 10. The molecule has 0 aromatic heterocycles. The Morgan fingerprint density at radius 2 is 0.819 bits per heavy atom. The second-order valence-electron chi connectivity index (χ2n) is 40.5. The van der Waals surface area contributed by atoms with Gasteiger partial charge in [0.1, 0.15) is 86.4 Å². The maximum absolute atomic E-state index is 14.4. The summed E-state index contributed by atoms with van der Waals surface area (Å²) < 4.78 is 81.2. The highest BCUT2D eigenvalue weighted by molar-refractivity contribution is 7.44. The molecular weight excluding hydrogens is 1810 g/mol. The number of fused-ring (bicyclic) bond motifs is 6. The first kappa shape index (κ1) is 122. The minimum atomic E-state index is -2.43. The van der Waals surface area contributed by atoms with E-state index in [-0.39, 0.29) is 115 Å². The standard InChI is InChI=1S/C52H81NO13P.C51H79NO13.C2H6OP.C2H6/c1-31-17-13-12-14-18-32(2)42(62-8)29-39-22-20-37(7)52(60,66-39)49(57)50(58)53-24-16-15-19-40(53)51(59)65-43(34(4)27-38-21-23-45(67(11)61)44(28-38)63-9)30-41(54)33(3)26-36(6)47(56)48(64-10)46(55)35(5)25-31;1-30-16-12-11-13-17-31(2)42(61-8)28-38-21-19-36(7)51(60,65-38)48(57)49(58)52-23-15-14-18-39(52)50(59)64-43(33(4)26-37-20-22-40(53)44(27-37)62-9)29-41(54)32(3)25-35(6)46(56)47(63-10)45(55)34(5)24-30;1-4(2)3;1-2/h12-14,17-18,26,31,33-35,37-40,42-45,47-48,56,60H,15-16,19-25,27-30H2,1-11H3;11-13,16-17,25,30,32-34,36-40,42-44,46-47,53,56,60H,14-15,18-24,26-29H2,1-10H3;1-2H3;1-2H3/q+1;;+1;/b14-12?,17-13+,32-18?,36-26+;13-11?,16-12+,31-17?,35-25+;;/t31-,33-,34-,35-,37-,38+,39?,40?,42+,43+,44-,45?,47-,48+,52-;30-,32-,33-,34-,36-,37+,38?,39?,40?,42+,43+,44-,46-,47+,51-;;/m11../s1. The number of methoxy groups -OCH3 is 6. The van der Waals surface area contributed by atoms with Crippen molar-refractivity contribution in [1.82, 2.24) is 9.80 Å². The van der Waals surface area contributed by atoms with E-state index >= 15 is 0 Å². The molecule has 5 N–H and O–H groups in total. The molecule has 6 heterocycles. The molecule has 6 aliphatic heterocycles. The quantitative estimate of drug-likeness (QED) is 0.0495. The summed E-state index contributed by atoms with van der Waals surface area (Å²) in [4.78, 5) is 144. The smallest absolute Gasteiger partial charge is 0.341 e. The van der Waals surface area contributed by atoms with Gasteiger partial charge in [0.2, 0.25) is 11.6 Å². The van der Waals surface area contributed by atoms with Crippen LogP contribution in [-0.2, 0) is 104 Å². The molecule has 2 saturated carbocycles. The number of cyclic esters (lactones) is 2. The number of Topliss-reactive ketones (excluding diaryl/α,β-unsaturated/α-hetero) is 6. The molecule has 138 heavy (non-hydrogen) atoms. The van der Waals surface area contributed by atoms with E-state index in [4.69, 9.17) is 47.4 Å². The molecule has 4 bridgehead atoms. The van der Waals surface area contributed by atoms with Crippen molar-refractivity contribution in [1.29, 1.82) is 0 Å². The normalized spacial score (nSPS) is 37.4. The summed E-state index contributed by atoms with van der Waals surface area (Å²) in [6.07, 6.45) is 23.4. The number of ketones is 6. The topological polar surface area (TPSA) is 405 Å². The Hall–Kier alpha value is -6.50. The van der Waals surface area contributed by atoms with Crippen LogP contribution in [0.15, 0.2) is 95.2 Å². The zero-order chi connectivity index (χ0) is 103. The molecule has 780 valence electrons. The van der Waals surface area contributed by atoms with Crippen molar-refractivity contribution < 1.29 is 130 Å². The Kier molecular flexibility index (Phi) is 52.7. The number of piperidine rings is 2. The van der Waals surface area contributed by atoms with Crippen molar-refractivity contribution in [2.45, 2.75) is 374 Å². The largest absolute Gasteiger partial charge is 0.460 e. The van der Waals surface area contributed by atoms with Gasteiger partial charge in [0.25, 0.3) is 23.4 Å². The fraction of sp³-hybridized carbons (Fsp3) is 0.757. The number of allylic oxidation sites excluding steroid dienone is 12. The number of aliphatic hydroxyl groups excluding tert-OH is 3. The molecule has 4 saturated heterocycles. The van der Waals surface area contributed by atoms with Crippen molar-refractivity contribution in [2.75, 3.05) is 75.7 Å². The molecule has 2 amide bonds. The number of hydrogen-bond acceptors (Lipinski definition) is 27. The highest BCUT2D eigenvalue weighted by Gasteiger charge is 2.56. The van der Waals surface area contributed by atoms with Gasteiger partial charge in [-0.3, -0.25) is 38.4 Å². The third-order valence-corrected chi connectivity index (χ3v) is 30.9. The van der Waals surface area contributed by atoms with Crippen LogP contribution in [0.3, 0.4) is 0 Å². The van der Waals surface area contributed by atoms with Crippen LogP contribution in [0.25, 0.3) is 0 Å². The lowest BCUT2D eigenvalue weighted by Crippen LogP contribution is -2.61.